The van der Waals surface area contributed by atoms with Crippen molar-refractivity contribution < 1.29 is 14.3 Å². The first-order valence-corrected chi connectivity index (χ1v) is 6.62. The van der Waals surface area contributed by atoms with E-state index in [0.29, 0.717) is 19.8 Å². The molecule has 4 nitrogen and oxygen atoms in total. The highest BCUT2D eigenvalue weighted by molar-refractivity contribution is 5.72. The van der Waals surface area contributed by atoms with Crippen LogP contribution < -0.4 is 5.32 Å². The number of hydrogen-bond donors (Lipinski definition) is 1. The molecule has 0 aliphatic carbocycles. The maximum atomic E-state index is 11.3. The Morgan fingerprint density at radius 2 is 2.00 bits per heavy atom. The normalized spacial score (nSPS) is 12.2. The summed E-state index contributed by atoms with van der Waals surface area (Å²) in [5, 5.41) is 3.28. The first-order valence-electron chi connectivity index (χ1n) is 6.62. The fourth-order valence-corrected chi connectivity index (χ4v) is 1.79. The van der Waals surface area contributed by atoms with Crippen molar-refractivity contribution in [3.8, 4) is 0 Å². The van der Waals surface area contributed by atoms with E-state index in [-0.39, 0.29) is 11.9 Å². The zero-order chi connectivity index (χ0) is 14.1. The lowest BCUT2D eigenvalue weighted by molar-refractivity contribution is -0.144. The van der Waals surface area contributed by atoms with Crippen molar-refractivity contribution >= 4 is 5.97 Å². The summed E-state index contributed by atoms with van der Waals surface area (Å²) in [5.41, 5.74) is 2.38. The molecule has 0 saturated carbocycles. The summed E-state index contributed by atoms with van der Waals surface area (Å²) < 4.78 is 10.1. The number of nitrogens with one attached hydrogen (secondary N) is 1. The van der Waals surface area contributed by atoms with Gasteiger partial charge in [-0.3, -0.25) is 4.79 Å². The zero-order valence-electron chi connectivity index (χ0n) is 11.9. The van der Waals surface area contributed by atoms with Crippen LogP contribution >= 0.6 is 0 Å². The van der Waals surface area contributed by atoms with Crippen molar-refractivity contribution in [2.45, 2.75) is 27.0 Å². The molecule has 0 saturated heterocycles. The average Bonchev–Trinajstić information content (AvgIpc) is 2.45. The highest BCUT2D eigenvalue weighted by Gasteiger charge is 2.12. The third kappa shape index (κ3) is 5.41. The Hall–Kier alpha value is -1.39. The molecule has 1 aromatic carbocycles. The number of benzene rings is 1. The van der Waals surface area contributed by atoms with E-state index < -0.39 is 0 Å². The van der Waals surface area contributed by atoms with Crippen molar-refractivity contribution in [1.29, 1.82) is 0 Å². The molecule has 19 heavy (non-hydrogen) atoms. The molecule has 0 radical (unpaired) electrons. The molecule has 0 fully saturated rings. The molecule has 0 heterocycles. The van der Waals surface area contributed by atoms with E-state index in [9.17, 15) is 4.79 Å². The summed E-state index contributed by atoms with van der Waals surface area (Å²) in [6.45, 7) is 6.51. The van der Waals surface area contributed by atoms with Gasteiger partial charge < -0.3 is 14.8 Å². The predicted molar refractivity (Wildman–Crippen MR) is 74.7 cm³/mol. The van der Waals surface area contributed by atoms with Gasteiger partial charge >= 0.3 is 5.97 Å². The molecule has 0 aromatic heterocycles. The summed E-state index contributed by atoms with van der Waals surface area (Å²) in [7, 11) is 1.41. The Bertz CT molecular complexity index is 393. The summed E-state index contributed by atoms with van der Waals surface area (Å²) in [4.78, 5) is 11.3. The number of carbonyl (C=O) groups is 1. The smallest absolute Gasteiger partial charge is 0.309 e. The van der Waals surface area contributed by atoms with E-state index >= 15 is 0 Å². The second-order valence-electron chi connectivity index (χ2n) is 4.46. The van der Waals surface area contributed by atoms with Gasteiger partial charge in [0.2, 0.25) is 0 Å². The Balaban J connectivity index is 2.46. The van der Waals surface area contributed by atoms with Crippen molar-refractivity contribution in [3.05, 3.63) is 35.4 Å². The van der Waals surface area contributed by atoms with Crippen LogP contribution in [0.3, 0.4) is 0 Å². The van der Waals surface area contributed by atoms with E-state index in [1.165, 1.54) is 18.2 Å². The highest BCUT2D eigenvalue weighted by Crippen LogP contribution is 2.10. The Morgan fingerprint density at radius 3 is 2.63 bits per heavy atom. The van der Waals surface area contributed by atoms with Gasteiger partial charge in [0, 0.05) is 19.7 Å². The van der Waals surface area contributed by atoms with Gasteiger partial charge in [-0.15, -0.1) is 0 Å². The van der Waals surface area contributed by atoms with Crippen molar-refractivity contribution in [3.63, 3.8) is 0 Å². The number of ether oxygens (including phenoxy) is 2. The Morgan fingerprint density at radius 1 is 1.32 bits per heavy atom. The molecule has 1 rings (SSSR count). The van der Waals surface area contributed by atoms with Gasteiger partial charge in [-0.05, 0) is 18.1 Å². The second-order valence-corrected chi connectivity index (χ2v) is 4.46. The van der Waals surface area contributed by atoms with Crippen LogP contribution in [0.25, 0.3) is 0 Å². The molecule has 0 bridgehead atoms. The maximum absolute atomic E-state index is 11.3. The van der Waals surface area contributed by atoms with Gasteiger partial charge in [-0.2, -0.15) is 0 Å². The predicted octanol–water partition coefficient (Wildman–Crippen LogP) is 2.12. The first kappa shape index (κ1) is 15.7. The fourth-order valence-electron chi connectivity index (χ4n) is 1.79. The van der Waals surface area contributed by atoms with Crippen LogP contribution in [0.4, 0.5) is 0 Å². The summed E-state index contributed by atoms with van der Waals surface area (Å²) in [6, 6.07) is 8.16. The van der Waals surface area contributed by atoms with Crippen molar-refractivity contribution in [1.82, 2.24) is 5.32 Å². The van der Waals surface area contributed by atoms with Gasteiger partial charge in [-0.25, -0.2) is 0 Å². The van der Waals surface area contributed by atoms with E-state index in [2.05, 4.69) is 17.4 Å². The molecular weight excluding hydrogens is 242 g/mol. The molecular formula is C15H23NO3. The lowest BCUT2D eigenvalue weighted by Crippen LogP contribution is -2.27. The molecule has 0 amide bonds. The van der Waals surface area contributed by atoms with Crippen LogP contribution in [-0.4, -0.2) is 26.2 Å². The highest BCUT2D eigenvalue weighted by atomic mass is 16.5. The third-order valence-electron chi connectivity index (χ3n) is 2.95. The molecule has 1 atom stereocenters. The van der Waals surface area contributed by atoms with E-state index in [1.807, 2.05) is 26.0 Å². The van der Waals surface area contributed by atoms with Gasteiger partial charge in [-0.1, -0.05) is 31.2 Å². The van der Waals surface area contributed by atoms with E-state index in [4.69, 9.17) is 9.47 Å². The Labute approximate surface area is 115 Å². The lowest BCUT2D eigenvalue weighted by Gasteiger charge is -2.13. The first-order chi connectivity index (χ1) is 9.19. The largest absolute Gasteiger partial charge is 0.469 e. The number of rotatable bonds is 8. The summed E-state index contributed by atoms with van der Waals surface area (Å²) >= 11 is 0. The molecule has 1 N–H and O–H groups in total. The average molecular weight is 265 g/mol. The van der Waals surface area contributed by atoms with Gasteiger partial charge in [0.25, 0.3) is 0 Å². The fraction of sp³-hybridized carbons (Fsp3) is 0.533. The van der Waals surface area contributed by atoms with E-state index in [0.717, 1.165) is 6.54 Å². The van der Waals surface area contributed by atoms with E-state index in [1.54, 1.807) is 0 Å². The van der Waals surface area contributed by atoms with Crippen LogP contribution in [0, 0.1) is 5.92 Å². The summed E-state index contributed by atoms with van der Waals surface area (Å²) in [6.07, 6.45) is 0. The minimum Gasteiger partial charge on any atom is -0.469 e. The van der Waals surface area contributed by atoms with Crippen LogP contribution in [-0.2, 0) is 27.4 Å². The topological polar surface area (TPSA) is 47.6 Å². The molecule has 4 heteroatoms. The number of methoxy groups -OCH3 is 1. The third-order valence-corrected chi connectivity index (χ3v) is 2.95. The molecule has 0 spiro atoms. The van der Waals surface area contributed by atoms with Gasteiger partial charge in [0.05, 0.1) is 19.6 Å². The van der Waals surface area contributed by atoms with Crippen molar-refractivity contribution in [2.75, 3.05) is 20.3 Å². The van der Waals surface area contributed by atoms with Crippen LogP contribution in [0.1, 0.15) is 25.0 Å². The number of hydrogen-bond acceptors (Lipinski definition) is 4. The second kappa shape index (κ2) is 8.67. The lowest BCUT2D eigenvalue weighted by atomic mass is 10.1. The molecule has 1 aromatic rings. The zero-order valence-corrected chi connectivity index (χ0v) is 11.9. The minimum atomic E-state index is -0.185. The molecule has 106 valence electrons. The molecule has 1 unspecified atom stereocenters. The number of esters is 1. The molecule has 0 aliphatic heterocycles. The number of carbonyl (C=O) groups excluding carboxylic acids is 1. The van der Waals surface area contributed by atoms with Crippen LogP contribution in [0.15, 0.2) is 24.3 Å². The SMILES string of the molecule is CCOCc1ccccc1CNCC(C)C(=O)OC. The quantitative estimate of drug-likeness (QED) is 0.731. The summed E-state index contributed by atoms with van der Waals surface area (Å²) in [5.74, 6) is -0.320. The van der Waals surface area contributed by atoms with Crippen LogP contribution in [0.2, 0.25) is 0 Å². The van der Waals surface area contributed by atoms with Gasteiger partial charge in [0.1, 0.15) is 0 Å². The van der Waals surface area contributed by atoms with Gasteiger partial charge in [0.15, 0.2) is 0 Å². The monoisotopic (exact) mass is 265 g/mol. The standard InChI is InChI=1S/C15H23NO3/c1-4-19-11-14-8-6-5-7-13(14)10-16-9-12(2)15(17)18-3/h5-8,12,16H,4,9-11H2,1-3H3. The minimum absolute atomic E-state index is 0.135. The molecule has 0 aliphatic rings. The van der Waals surface area contributed by atoms with Crippen molar-refractivity contribution in [2.24, 2.45) is 5.92 Å². The maximum Gasteiger partial charge on any atom is 0.309 e. The van der Waals surface area contributed by atoms with Crippen LogP contribution in [0.5, 0.6) is 0 Å². The Kier molecular flexibility index (Phi) is 7.15.